The van der Waals surface area contributed by atoms with Gasteiger partial charge >= 0.3 is 0 Å². The van der Waals surface area contributed by atoms with Crippen LogP contribution in [0.25, 0.3) is 11.0 Å². The maximum Gasteiger partial charge on any atom is 0.255 e. The van der Waals surface area contributed by atoms with Crippen molar-refractivity contribution < 1.29 is 14.0 Å². The predicted molar refractivity (Wildman–Crippen MR) is 92.7 cm³/mol. The van der Waals surface area contributed by atoms with Gasteiger partial charge in [-0.3, -0.25) is 9.59 Å². The fraction of sp³-hybridized carbons (Fsp3) is 0.158. The molecule has 0 unspecified atom stereocenters. The third kappa shape index (κ3) is 2.69. The summed E-state index contributed by atoms with van der Waals surface area (Å²) in [5, 5.41) is 4.12. The van der Waals surface area contributed by atoms with Crippen molar-refractivity contribution in [3.8, 4) is 0 Å². The minimum atomic E-state index is -0.303. The SMILES string of the molecule is O=C(Nc1c(C(=O)C2CC2)oc2ccccc12)c1ccc(Cl)cc1. The standard InChI is InChI=1S/C19H14ClNO3/c20-13-9-7-12(8-10-13)19(23)21-16-14-3-1-2-4-15(14)24-18(16)17(22)11-5-6-11/h1-4,7-11H,5-6H2,(H,21,23). The van der Waals surface area contributed by atoms with Crippen LogP contribution in [0.4, 0.5) is 5.69 Å². The number of carbonyl (C=O) groups is 2. The van der Waals surface area contributed by atoms with Gasteiger partial charge in [0.1, 0.15) is 5.58 Å². The molecule has 0 atom stereocenters. The molecule has 2 aromatic carbocycles. The first-order chi connectivity index (χ1) is 11.6. The highest BCUT2D eigenvalue weighted by molar-refractivity contribution is 6.30. The van der Waals surface area contributed by atoms with E-state index in [1.165, 1.54) is 0 Å². The number of furan rings is 1. The number of ketones is 1. The first-order valence-electron chi connectivity index (χ1n) is 7.76. The molecule has 1 fully saturated rings. The van der Waals surface area contributed by atoms with Crippen LogP contribution < -0.4 is 5.32 Å². The molecule has 120 valence electrons. The first-order valence-corrected chi connectivity index (χ1v) is 8.14. The lowest BCUT2D eigenvalue weighted by molar-refractivity contribution is 0.0943. The van der Waals surface area contributed by atoms with Gasteiger partial charge in [0.15, 0.2) is 5.76 Å². The highest BCUT2D eigenvalue weighted by Gasteiger charge is 2.35. The molecule has 0 aliphatic heterocycles. The Morgan fingerprint density at radius 1 is 1.04 bits per heavy atom. The normalized spacial score (nSPS) is 13.9. The maximum atomic E-state index is 12.5. The number of hydrogen-bond donors (Lipinski definition) is 1. The van der Waals surface area contributed by atoms with E-state index in [-0.39, 0.29) is 23.4 Å². The summed E-state index contributed by atoms with van der Waals surface area (Å²) in [5.41, 5.74) is 1.50. The van der Waals surface area contributed by atoms with E-state index in [2.05, 4.69) is 5.32 Å². The van der Waals surface area contributed by atoms with E-state index in [9.17, 15) is 9.59 Å². The van der Waals surface area contributed by atoms with Crippen LogP contribution in [0.2, 0.25) is 5.02 Å². The average molecular weight is 340 g/mol. The molecule has 0 saturated heterocycles. The van der Waals surface area contributed by atoms with E-state index >= 15 is 0 Å². The zero-order chi connectivity index (χ0) is 16.7. The molecular weight excluding hydrogens is 326 g/mol. The van der Waals surface area contributed by atoms with Crippen molar-refractivity contribution in [2.24, 2.45) is 5.92 Å². The second-order valence-electron chi connectivity index (χ2n) is 5.90. The average Bonchev–Trinajstić information content (AvgIpc) is 3.38. The molecule has 0 bridgehead atoms. The number of amides is 1. The van der Waals surface area contributed by atoms with Gasteiger partial charge in [0, 0.05) is 21.9 Å². The van der Waals surface area contributed by atoms with Gasteiger partial charge in [-0.2, -0.15) is 0 Å². The maximum absolute atomic E-state index is 12.5. The Morgan fingerprint density at radius 3 is 2.46 bits per heavy atom. The highest BCUT2D eigenvalue weighted by Crippen LogP contribution is 2.39. The highest BCUT2D eigenvalue weighted by atomic mass is 35.5. The van der Waals surface area contributed by atoms with Crippen LogP contribution in [0.3, 0.4) is 0 Å². The molecule has 1 amide bonds. The number of anilines is 1. The molecule has 1 N–H and O–H groups in total. The Kier molecular flexibility index (Phi) is 3.62. The lowest BCUT2D eigenvalue weighted by Gasteiger charge is -2.06. The number of hydrogen-bond acceptors (Lipinski definition) is 3. The van der Waals surface area contributed by atoms with Crippen LogP contribution in [-0.2, 0) is 0 Å². The summed E-state index contributed by atoms with van der Waals surface area (Å²) in [4.78, 5) is 25.0. The molecule has 1 aliphatic rings. The van der Waals surface area contributed by atoms with Crippen LogP contribution in [0.1, 0.15) is 33.8 Å². The van der Waals surface area contributed by atoms with Gasteiger partial charge in [-0.1, -0.05) is 23.7 Å². The molecule has 1 saturated carbocycles. The minimum Gasteiger partial charge on any atom is -0.451 e. The molecule has 5 heteroatoms. The molecular formula is C19H14ClNO3. The van der Waals surface area contributed by atoms with E-state index in [0.29, 0.717) is 21.9 Å². The number of halogens is 1. The number of rotatable bonds is 4. The number of carbonyl (C=O) groups excluding carboxylic acids is 2. The van der Waals surface area contributed by atoms with Crippen LogP contribution in [0.15, 0.2) is 52.9 Å². The zero-order valence-corrected chi connectivity index (χ0v) is 13.5. The molecule has 1 aliphatic carbocycles. The summed E-state index contributed by atoms with van der Waals surface area (Å²) in [7, 11) is 0. The van der Waals surface area contributed by atoms with Crippen LogP contribution in [-0.4, -0.2) is 11.7 Å². The van der Waals surface area contributed by atoms with Gasteiger partial charge in [0.2, 0.25) is 5.78 Å². The summed E-state index contributed by atoms with van der Waals surface area (Å²) in [6, 6.07) is 13.9. The van der Waals surface area contributed by atoms with E-state index < -0.39 is 0 Å². The number of fused-ring (bicyclic) bond motifs is 1. The number of benzene rings is 2. The van der Waals surface area contributed by atoms with E-state index in [1.807, 2.05) is 18.2 Å². The smallest absolute Gasteiger partial charge is 0.255 e. The Morgan fingerprint density at radius 2 is 1.75 bits per heavy atom. The monoisotopic (exact) mass is 339 g/mol. The summed E-state index contributed by atoms with van der Waals surface area (Å²) < 4.78 is 5.73. The Bertz CT molecular complexity index is 939. The van der Waals surface area contributed by atoms with Gasteiger partial charge < -0.3 is 9.73 Å². The summed E-state index contributed by atoms with van der Waals surface area (Å²) in [6.45, 7) is 0. The van der Waals surface area contributed by atoms with E-state index in [1.54, 1.807) is 30.3 Å². The van der Waals surface area contributed by atoms with Gasteiger partial charge in [-0.15, -0.1) is 0 Å². The van der Waals surface area contributed by atoms with Crippen molar-refractivity contribution in [3.63, 3.8) is 0 Å². The van der Waals surface area contributed by atoms with Crippen molar-refractivity contribution in [2.45, 2.75) is 12.8 Å². The van der Waals surface area contributed by atoms with Crippen molar-refractivity contribution >= 4 is 39.9 Å². The third-order valence-corrected chi connectivity index (χ3v) is 4.36. The molecule has 3 aromatic rings. The van der Waals surface area contributed by atoms with Crippen LogP contribution in [0, 0.1) is 5.92 Å². The molecule has 0 radical (unpaired) electrons. The zero-order valence-electron chi connectivity index (χ0n) is 12.7. The fourth-order valence-electron chi connectivity index (χ4n) is 2.66. The van der Waals surface area contributed by atoms with Crippen molar-refractivity contribution in [2.75, 3.05) is 5.32 Å². The minimum absolute atomic E-state index is 0.0109. The largest absolute Gasteiger partial charge is 0.451 e. The topological polar surface area (TPSA) is 59.3 Å². The fourth-order valence-corrected chi connectivity index (χ4v) is 2.79. The number of nitrogens with one attached hydrogen (secondary N) is 1. The van der Waals surface area contributed by atoms with Gasteiger partial charge in [-0.05, 0) is 49.2 Å². The molecule has 1 aromatic heterocycles. The predicted octanol–water partition coefficient (Wildman–Crippen LogP) is 4.93. The van der Waals surface area contributed by atoms with E-state index in [0.717, 1.165) is 18.2 Å². The molecule has 4 rings (SSSR count). The quantitative estimate of drug-likeness (QED) is 0.685. The van der Waals surface area contributed by atoms with E-state index in [4.69, 9.17) is 16.0 Å². The van der Waals surface area contributed by atoms with Crippen molar-refractivity contribution in [1.82, 2.24) is 0 Å². The lowest BCUT2D eigenvalue weighted by Crippen LogP contribution is -2.14. The molecule has 1 heterocycles. The summed E-state index contributed by atoms with van der Waals surface area (Å²) >= 11 is 5.85. The first kappa shape index (κ1) is 15.0. The van der Waals surface area contributed by atoms with Crippen LogP contribution >= 0.6 is 11.6 Å². The number of Topliss-reactive ketones (excluding diaryl/α,β-unsaturated/α-hetero) is 1. The molecule has 0 spiro atoms. The van der Waals surface area contributed by atoms with Gasteiger partial charge in [0.05, 0.1) is 5.69 Å². The van der Waals surface area contributed by atoms with Crippen molar-refractivity contribution in [3.05, 3.63) is 64.9 Å². The summed E-state index contributed by atoms with van der Waals surface area (Å²) in [6.07, 6.45) is 1.75. The van der Waals surface area contributed by atoms with Crippen LogP contribution in [0.5, 0.6) is 0 Å². The van der Waals surface area contributed by atoms with Crippen molar-refractivity contribution in [1.29, 1.82) is 0 Å². The second-order valence-corrected chi connectivity index (χ2v) is 6.34. The Labute approximate surface area is 143 Å². The number of para-hydroxylation sites is 1. The third-order valence-electron chi connectivity index (χ3n) is 4.11. The molecule has 24 heavy (non-hydrogen) atoms. The van der Waals surface area contributed by atoms with Gasteiger partial charge in [0.25, 0.3) is 5.91 Å². The second kappa shape index (κ2) is 5.80. The van der Waals surface area contributed by atoms with Gasteiger partial charge in [-0.25, -0.2) is 0 Å². The Balaban J connectivity index is 1.74. The summed E-state index contributed by atoms with van der Waals surface area (Å²) in [5.74, 6) is -0.0987. The lowest BCUT2D eigenvalue weighted by atomic mass is 10.1. The molecule has 4 nitrogen and oxygen atoms in total. The Hall–Kier alpha value is -2.59.